The van der Waals surface area contributed by atoms with E-state index in [0.29, 0.717) is 6.10 Å². The first kappa shape index (κ1) is 9.44. The minimum Gasteiger partial charge on any atom is -0.373 e. The van der Waals surface area contributed by atoms with Gasteiger partial charge in [-0.1, -0.05) is 13.8 Å². The van der Waals surface area contributed by atoms with E-state index in [9.17, 15) is 0 Å². The fraction of sp³-hybridized carbons (Fsp3) is 1.00. The molecule has 0 radical (unpaired) electrons. The molecule has 0 N–H and O–H groups in total. The predicted octanol–water partition coefficient (Wildman–Crippen LogP) is 1.71. The molecule has 0 aromatic heterocycles. The van der Waals surface area contributed by atoms with Crippen molar-refractivity contribution >= 4 is 0 Å². The van der Waals surface area contributed by atoms with Gasteiger partial charge in [-0.3, -0.25) is 0 Å². The Bertz CT molecular complexity index is 173. The summed E-state index contributed by atoms with van der Waals surface area (Å²) >= 11 is 0. The van der Waals surface area contributed by atoms with Gasteiger partial charge < -0.3 is 14.2 Å². The molecule has 2 aliphatic rings. The molecule has 2 aliphatic heterocycles. The minimum absolute atomic E-state index is 0.257. The Kier molecular flexibility index (Phi) is 2.58. The molecule has 2 atom stereocenters. The summed E-state index contributed by atoms with van der Waals surface area (Å²) in [6, 6.07) is 0. The van der Waals surface area contributed by atoms with Crippen LogP contribution in [0.15, 0.2) is 0 Å². The molecule has 2 heterocycles. The zero-order chi connectivity index (χ0) is 9.31. The Morgan fingerprint density at radius 2 is 1.85 bits per heavy atom. The first-order chi connectivity index (χ1) is 6.28. The SMILES string of the molecule is CCC1(CC)OC[C@@H](C[C@H]2CO2)O1. The lowest BCUT2D eigenvalue weighted by molar-refractivity contribution is -0.172. The number of epoxide rings is 1. The number of rotatable bonds is 4. The highest BCUT2D eigenvalue weighted by atomic mass is 16.7. The van der Waals surface area contributed by atoms with E-state index in [-0.39, 0.29) is 11.9 Å². The predicted molar refractivity (Wildman–Crippen MR) is 48.5 cm³/mol. The zero-order valence-electron chi connectivity index (χ0n) is 8.41. The van der Waals surface area contributed by atoms with Gasteiger partial charge in [0.2, 0.25) is 0 Å². The van der Waals surface area contributed by atoms with E-state index in [2.05, 4.69) is 13.8 Å². The molecule has 0 aliphatic carbocycles. The molecule has 0 amide bonds. The van der Waals surface area contributed by atoms with Crippen LogP contribution in [0.4, 0.5) is 0 Å². The molecule has 0 aromatic carbocycles. The number of hydrogen-bond acceptors (Lipinski definition) is 3. The van der Waals surface area contributed by atoms with E-state index in [4.69, 9.17) is 14.2 Å². The summed E-state index contributed by atoms with van der Waals surface area (Å²) in [7, 11) is 0. The summed E-state index contributed by atoms with van der Waals surface area (Å²) in [6.45, 7) is 5.87. The summed E-state index contributed by atoms with van der Waals surface area (Å²) < 4.78 is 16.8. The highest BCUT2D eigenvalue weighted by molar-refractivity contribution is 4.81. The summed E-state index contributed by atoms with van der Waals surface area (Å²) in [4.78, 5) is 0. The standard InChI is InChI=1S/C10H18O3/c1-3-10(4-2)12-7-9(13-10)5-8-6-11-8/h8-9H,3-7H2,1-2H3/t8-,9+/m0/s1. The maximum atomic E-state index is 5.90. The lowest BCUT2D eigenvalue weighted by atomic mass is 10.1. The fourth-order valence-electron chi connectivity index (χ4n) is 1.85. The second kappa shape index (κ2) is 3.56. The highest BCUT2D eigenvalue weighted by Crippen LogP contribution is 2.33. The molecule has 0 unspecified atom stereocenters. The van der Waals surface area contributed by atoms with Crippen LogP contribution in [0.25, 0.3) is 0 Å². The third kappa shape index (κ3) is 2.03. The van der Waals surface area contributed by atoms with E-state index in [0.717, 1.165) is 32.5 Å². The van der Waals surface area contributed by atoms with Crippen molar-refractivity contribution in [2.24, 2.45) is 0 Å². The first-order valence-electron chi connectivity index (χ1n) is 5.21. The van der Waals surface area contributed by atoms with E-state index < -0.39 is 0 Å². The van der Waals surface area contributed by atoms with Crippen LogP contribution in [-0.4, -0.2) is 31.2 Å². The maximum absolute atomic E-state index is 5.90. The van der Waals surface area contributed by atoms with Gasteiger partial charge in [-0.25, -0.2) is 0 Å². The van der Waals surface area contributed by atoms with Crippen molar-refractivity contribution in [3.63, 3.8) is 0 Å². The molecule has 0 spiro atoms. The van der Waals surface area contributed by atoms with Gasteiger partial charge >= 0.3 is 0 Å². The van der Waals surface area contributed by atoms with Crippen molar-refractivity contribution in [3.05, 3.63) is 0 Å². The van der Waals surface area contributed by atoms with Gasteiger partial charge in [0, 0.05) is 6.42 Å². The van der Waals surface area contributed by atoms with Gasteiger partial charge in [0.05, 0.1) is 25.4 Å². The molecule has 2 saturated heterocycles. The third-order valence-corrected chi connectivity index (χ3v) is 2.92. The monoisotopic (exact) mass is 186 g/mol. The smallest absolute Gasteiger partial charge is 0.168 e. The Morgan fingerprint density at radius 3 is 2.31 bits per heavy atom. The number of ether oxygens (including phenoxy) is 3. The average Bonchev–Trinajstić information content (AvgIpc) is 2.86. The molecular weight excluding hydrogens is 168 g/mol. The highest BCUT2D eigenvalue weighted by Gasteiger charge is 2.40. The van der Waals surface area contributed by atoms with Gasteiger partial charge in [-0.2, -0.15) is 0 Å². The topological polar surface area (TPSA) is 31.0 Å². The molecule has 2 rings (SSSR count). The van der Waals surface area contributed by atoms with Crippen molar-refractivity contribution in [2.45, 2.75) is 51.1 Å². The lowest BCUT2D eigenvalue weighted by Gasteiger charge is -2.24. The Morgan fingerprint density at radius 1 is 1.15 bits per heavy atom. The Balaban J connectivity index is 1.83. The first-order valence-corrected chi connectivity index (χ1v) is 5.21. The van der Waals surface area contributed by atoms with Crippen LogP contribution >= 0.6 is 0 Å². The lowest BCUT2D eigenvalue weighted by Crippen LogP contribution is -2.29. The van der Waals surface area contributed by atoms with Gasteiger partial charge in [0.25, 0.3) is 0 Å². The van der Waals surface area contributed by atoms with Crippen LogP contribution in [0.2, 0.25) is 0 Å². The van der Waals surface area contributed by atoms with Crippen molar-refractivity contribution in [3.8, 4) is 0 Å². The third-order valence-electron chi connectivity index (χ3n) is 2.92. The molecular formula is C10H18O3. The van der Waals surface area contributed by atoms with E-state index in [1.54, 1.807) is 0 Å². The summed E-state index contributed by atoms with van der Waals surface area (Å²) in [6.07, 6.45) is 3.57. The second-order valence-electron chi connectivity index (χ2n) is 3.86. The van der Waals surface area contributed by atoms with Gasteiger partial charge in [-0.05, 0) is 12.8 Å². The van der Waals surface area contributed by atoms with E-state index in [1.807, 2.05) is 0 Å². The van der Waals surface area contributed by atoms with Crippen LogP contribution in [0, 0.1) is 0 Å². The Labute approximate surface area is 79.4 Å². The van der Waals surface area contributed by atoms with Gasteiger partial charge in [0.15, 0.2) is 5.79 Å². The van der Waals surface area contributed by atoms with Crippen LogP contribution in [-0.2, 0) is 14.2 Å². The Hall–Kier alpha value is -0.120. The van der Waals surface area contributed by atoms with Crippen molar-refractivity contribution in [1.29, 1.82) is 0 Å². The molecule has 76 valence electrons. The molecule has 0 saturated carbocycles. The van der Waals surface area contributed by atoms with Gasteiger partial charge in [0.1, 0.15) is 0 Å². The van der Waals surface area contributed by atoms with Gasteiger partial charge in [-0.15, -0.1) is 0 Å². The fourth-order valence-corrected chi connectivity index (χ4v) is 1.85. The van der Waals surface area contributed by atoms with Crippen LogP contribution in [0.1, 0.15) is 33.1 Å². The molecule has 3 heteroatoms. The van der Waals surface area contributed by atoms with E-state index >= 15 is 0 Å². The molecule has 0 bridgehead atoms. The second-order valence-corrected chi connectivity index (χ2v) is 3.86. The van der Waals surface area contributed by atoms with Crippen LogP contribution in [0.3, 0.4) is 0 Å². The summed E-state index contributed by atoms with van der Waals surface area (Å²) in [5, 5.41) is 0. The maximum Gasteiger partial charge on any atom is 0.168 e. The molecule has 0 aromatic rings. The van der Waals surface area contributed by atoms with Crippen LogP contribution in [0.5, 0.6) is 0 Å². The van der Waals surface area contributed by atoms with Crippen molar-refractivity contribution in [1.82, 2.24) is 0 Å². The van der Waals surface area contributed by atoms with Crippen molar-refractivity contribution in [2.75, 3.05) is 13.2 Å². The molecule has 13 heavy (non-hydrogen) atoms. The average molecular weight is 186 g/mol. The van der Waals surface area contributed by atoms with E-state index in [1.165, 1.54) is 0 Å². The zero-order valence-corrected chi connectivity index (χ0v) is 8.41. The summed E-state index contributed by atoms with van der Waals surface area (Å²) in [5.74, 6) is -0.292. The quantitative estimate of drug-likeness (QED) is 0.626. The minimum atomic E-state index is -0.292. The molecule has 2 fully saturated rings. The van der Waals surface area contributed by atoms with Crippen LogP contribution < -0.4 is 0 Å². The normalized spacial score (nSPS) is 36.5. The van der Waals surface area contributed by atoms with Crippen molar-refractivity contribution < 1.29 is 14.2 Å². The molecule has 3 nitrogen and oxygen atoms in total. The summed E-state index contributed by atoms with van der Waals surface area (Å²) in [5.41, 5.74) is 0. The largest absolute Gasteiger partial charge is 0.373 e. The number of hydrogen-bond donors (Lipinski definition) is 0.